The lowest BCUT2D eigenvalue weighted by Gasteiger charge is -2.63. The van der Waals surface area contributed by atoms with E-state index >= 15 is 0 Å². The van der Waals surface area contributed by atoms with Gasteiger partial charge in [0.1, 0.15) is 17.7 Å². The summed E-state index contributed by atoms with van der Waals surface area (Å²) < 4.78 is 19.3. The normalized spacial score (nSPS) is 43.6. The standard InChI is InChI=1S/C33H44O6/c1-20(34)24-12-13-25-23-18-27(39-31(36)21-9-5-4-6-10-21)26-17-22(35)14-15-32(26,2)30(23)28(19-33(24,25)3)38-29-11-7-8-16-37-29/h4-6,9-10,23-30H,7-8,11-19H2,1-3H3/t23-,24+,25-,26-,27+,28+,29-,30+,32-,33+/m0/s1. The van der Waals surface area contributed by atoms with Crippen LogP contribution in [0.3, 0.4) is 0 Å². The molecule has 0 N–H and O–H groups in total. The van der Waals surface area contributed by atoms with Crippen molar-refractivity contribution < 1.29 is 28.6 Å². The Bertz CT molecular complexity index is 1090. The van der Waals surface area contributed by atoms with Crippen molar-refractivity contribution in [3.8, 4) is 0 Å². The molecule has 1 aromatic rings. The number of rotatable bonds is 5. The molecule has 1 saturated heterocycles. The van der Waals surface area contributed by atoms with Crippen LogP contribution >= 0.6 is 0 Å². The molecule has 1 heterocycles. The van der Waals surface area contributed by atoms with E-state index in [0.29, 0.717) is 24.3 Å². The summed E-state index contributed by atoms with van der Waals surface area (Å²) >= 11 is 0. The molecule has 39 heavy (non-hydrogen) atoms. The van der Waals surface area contributed by atoms with Gasteiger partial charge in [0.15, 0.2) is 6.29 Å². The predicted octanol–water partition coefficient (Wildman–Crippen LogP) is 6.16. The highest BCUT2D eigenvalue weighted by Gasteiger charge is 2.66. The second kappa shape index (κ2) is 10.4. The highest BCUT2D eigenvalue weighted by Crippen LogP contribution is 2.68. The van der Waals surface area contributed by atoms with Gasteiger partial charge in [0.2, 0.25) is 0 Å². The van der Waals surface area contributed by atoms with Crippen molar-refractivity contribution in [2.45, 2.75) is 103 Å². The van der Waals surface area contributed by atoms with Gasteiger partial charge >= 0.3 is 5.97 Å². The molecule has 1 aromatic carbocycles. The number of fused-ring (bicyclic) bond motifs is 5. The van der Waals surface area contributed by atoms with Crippen LogP contribution in [0.25, 0.3) is 0 Å². The Morgan fingerprint density at radius 3 is 2.49 bits per heavy atom. The molecule has 5 fully saturated rings. The first-order chi connectivity index (χ1) is 18.7. The molecule has 1 aliphatic heterocycles. The van der Waals surface area contributed by atoms with Gasteiger partial charge in [-0.15, -0.1) is 0 Å². The van der Waals surface area contributed by atoms with Gasteiger partial charge in [-0.1, -0.05) is 32.0 Å². The summed E-state index contributed by atoms with van der Waals surface area (Å²) in [5, 5.41) is 0. The van der Waals surface area contributed by atoms with E-state index in [1.807, 2.05) is 18.2 Å². The first kappa shape index (κ1) is 27.1. The maximum absolute atomic E-state index is 13.3. The van der Waals surface area contributed by atoms with Crippen LogP contribution in [0.1, 0.15) is 95.3 Å². The topological polar surface area (TPSA) is 78.9 Å². The molecule has 10 atom stereocenters. The summed E-state index contributed by atoms with van der Waals surface area (Å²) in [6.07, 6.45) is 7.85. The molecule has 4 aliphatic carbocycles. The number of hydrogen-bond acceptors (Lipinski definition) is 6. The maximum Gasteiger partial charge on any atom is 0.338 e. The smallest absolute Gasteiger partial charge is 0.338 e. The number of benzene rings is 1. The third-order valence-corrected chi connectivity index (χ3v) is 11.6. The number of Topliss-reactive ketones (excluding diaryl/α,β-unsaturated/α-hetero) is 2. The molecule has 0 amide bonds. The van der Waals surface area contributed by atoms with Crippen molar-refractivity contribution in [2.75, 3.05) is 6.61 Å². The largest absolute Gasteiger partial charge is 0.458 e. The molecule has 0 unspecified atom stereocenters. The molecular formula is C33H44O6. The van der Waals surface area contributed by atoms with Crippen molar-refractivity contribution in [1.82, 2.24) is 0 Å². The molecule has 0 radical (unpaired) electrons. The molecule has 5 aliphatic rings. The highest BCUT2D eigenvalue weighted by molar-refractivity contribution is 5.89. The Morgan fingerprint density at radius 2 is 1.77 bits per heavy atom. The van der Waals surface area contributed by atoms with Crippen LogP contribution in [0.2, 0.25) is 0 Å². The maximum atomic E-state index is 13.3. The van der Waals surface area contributed by atoms with E-state index in [0.717, 1.165) is 58.0 Å². The first-order valence-electron chi connectivity index (χ1n) is 15.3. The minimum atomic E-state index is -0.321. The van der Waals surface area contributed by atoms with Gasteiger partial charge in [-0.25, -0.2) is 4.79 Å². The fraction of sp³-hybridized carbons (Fsp3) is 0.727. The summed E-state index contributed by atoms with van der Waals surface area (Å²) in [5.74, 6) is 1.13. The zero-order chi connectivity index (χ0) is 27.4. The lowest BCUT2D eigenvalue weighted by atomic mass is 9.43. The van der Waals surface area contributed by atoms with E-state index in [4.69, 9.17) is 14.2 Å². The molecular weight excluding hydrogens is 492 g/mol. The molecule has 0 spiro atoms. The van der Waals surface area contributed by atoms with Crippen molar-refractivity contribution in [2.24, 2.45) is 40.4 Å². The average molecular weight is 537 g/mol. The summed E-state index contributed by atoms with van der Waals surface area (Å²) in [6, 6.07) is 9.18. The van der Waals surface area contributed by atoms with Gasteiger partial charge < -0.3 is 14.2 Å². The summed E-state index contributed by atoms with van der Waals surface area (Å²) in [5.41, 5.74) is 0.214. The van der Waals surface area contributed by atoms with Crippen LogP contribution < -0.4 is 0 Å². The van der Waals surface area contributed by atoms with Crippen molar-refractivity contribution in [3.05, 3.63) is 35.9 Å². The van der Waals surface area contributed by atoms with Crippen LogP contribution in [0.15, 0.2) is 30.3 Å². The summed E-state index contributed by atoms with van der Waals surface area (Å²) in [4.78, 5) is 39.0. The second-order valence-electron chi connectivity index (χ2n) is 13.6. The van der Waals surface area contributed by atoms with Gasteiger partial charge in [0.25, 0.3) is 0 Å². The number of ether oxygens (including phenoxy) is 3. The fourth-order valence-electron chi connectivity index (χ4n) is 9.87. The number of carbonyl (C=O) groups excluding carboxylic acids is 3. The van der Waals surface area contributed by atoms with E-state index in [2.05, 4.69) is 13.8 Å². The number of esters is 1. The van der Waals surface area contributed by atoms with E-state index in [1.54, 1.807) is 19.1 Å². The molecule has 212 valence electrons. The number of carbonyl (C=O) groups is 3. The Hall–Kier alpha value is -2.05. The van der Waals surface area contributed by atoms with Gasteiger partial charge in [-0.05, 0) is 99.0 Å². The van der Waals surface area contributed by atoms with Crippen LogP contribution in [-0.2, 0) is 23.8 Å². The van der Waals surface area contributed by atoms with Crippen molar-refractivity contribution >= 4 is 17.5 Å². The molecule has 0 bridgehead atoms. The SMILES string of the molecule is CC(=O)[C@H]1CC[C@H]2[C@@H]3C[C@@H](OC(=O)c4ccccc4)[C@@H]4CC(=O)CC[C@]4(C)[C@H]3[C@H](O[C@H]3CCCCO3)C[C@]12C. The Morgan fingerprint density at radius 1 is 0.974 bits per heavy atom. The zero-order valence-electron chi connectivity index (χ0n) is 23.7. The van der Waals surface area contributed by atoms with E-state index in [9.17, 15) is 14.4 Å². The summed E-state index contributed by atoms with van der Waals surface area (Å²) in [6.45, 7) is 7.13. The van der Waals surface area contributed by atoms with Crippen LogP contribution in [0, 0.1) is 40.4 Å². The van der Waals surface area contributed by atoms with Gasteiger partial charge in [-0.3, -0.25) is 9.59 Å². The quantitative estimate of drug-likeness (QED) is 0.420. The second-order valence-corrected chi connectivity index (χ2v) is 13.6. The minimum Gasteiger partial charge on any atom is -0.458 e. The highest BCUT2D eigenvalue weighted by atomic mass is 16.7. The lowest BCUT2D eigenvalue weighted by Crippen LogP contribution is -2.63. The zero-order valence-corrected chi connectivity index (χ0v) is 23.7. The van der Waals surface area contributed by atoms with Gasteiger partial charge in [0, 0.05) is 31.3 Å². The molecule has 6 nitrogen and oxygen atoms in total. The number of hydrogen-bond donors (Lipinski definition) is 0. The minimum absolute atomic E-state index is 0.0274. The molecule has 6 rings (SSSR count). The average Bonchev–Trinajstić information content (AvgIpc) is 3.27. The summed E-state index contributed by atoms with van der Waals surface area (Å²) in [7, 11) is 0. The Kier molecular flexibility index (Phi) is 7.24. The predicted molar refractivity (Wildman–Crippen MR) is 146 cm³/mol. The fourth-order valence-corrected chi connectivity index (χ4v) is 9.87. The third-order valence-electron chi connectivity index (χ3n) is 11.6. The van der Waals surface area contributed by atoms with Gasteiger partial charge in [-0.2, -0.15) is 0 Å². The van der Waals surface area contributed by atoms with E-state index in [-0.39, 0.29) is 70.5 Å². The van der Waals surface area contributed by atoms with Crippen LogP contribution in [-0.4, -0.2) is 42.6 Å². The molecule has 6 heteroatoms. The van der Waals surface area contributed by atoms with Crippen molar-refractivity contribution in [1.29, 1.82) is 0 Å². The van der Waals surface area contributed by atoms with Crippen LogP contribution in [0.5, 0.6) is 0 Å². The number of ketones is 2. The first-order valence-corrected chi connectivity index (χ1v) is 15.3. The molecule has 4 saturated carbocycles. The van der Waals surface area contributed by atoms with Crippen molar-refractivity contribution in [3.63, 3.8) is 0 Å². The third kappa shape index (κ3) is 4.69. The van der Waals surface area contributed by atoms with Crippen LogP contribution in [0.4, 0.5) is 0 Å². The molecule has 0 aromatic heterocycles. The Labute approximate surface area is 232 Å². The van der Waals surface area contributed by atoms with E-state index in [1.165, 1.54) is 0 Å². The van der Waals surface area contributed by atoms with E-state index < -0.39 is 0 Å². The van der Waals surface area contributed by atoms with Gasteiger partial charge in [0.05, 0.1) is 11.7 Å². The Balaban J connectivity index is 1.38. The monoisotopic (exact) mass is 536 g/mol. The lowest BCUT2D eigenvalue weighted by molar-refractivity contribution is -0.261.